The summed E-state index contributed by atoms with van der Waals surface area (Å²) in [6.07, 6.45) is 0.0612. The molecule has 1 rings (SSSR count). The third-order valence-electron chi connectivity index (χ3n) is 2.22. The molecule has 2 N–H and O–H groups in total. The van der Waals surface area contributed by atoms with Crippen LogP contribution in [0.1, 0.15) is 24.9 Å². The normalized spacial score (nSPS) is 11.9. The maximum atomic E-state index is 11.2. The number of ether oxygens (including phenoxy) is 1. The second kappa shape index (κ2) is 5.95. The average molecular weight is 238 g/mol. The zero-order chi connectivity index (χ0) is 12.8. The molecule has 1 aromatic rings. The Morgan fingerprint density at radius 1 is 1.47 bits per heavy atom. The van der Waals surface area contributed by atoms with Crippen LogP contribution in [0.5, 0.6) is 0 Å². The van der Waals surface area contributed by atoms with Gasteiger partial charge in [0.1, 0.15) is 0 Å². The lowest BCUT2D eigenvalue weighted by Gasteiger charge is -2.10. The van der Waals surface area contributed by atoms with Crippen LogP contribution in [-0.4, -0.2) is 17.5 Å². The topological polar surface area (TPSA) is 95.5 Å². The van der Waals surface area contributed by atoms with Gasteiger partial charge in [-0.1, -0.05) is 12.1 Å². The first-order chi connectivity index (χ1) is 8.04. The van der Waals surface area contributed by atoms with E-state index in [0.29, 0.717) is 12.2 Å². The minimum absolute atomic E-state index is 0.00270. The van der Waals surface area contributed by atoms with Gasteiger partial charge in [0, 0.05) is 18.2 Å². The molecule has 0 bridgehead atoms. The number of hydrogen-bond donors (Lipinski definition) is 1. The fourth-order valence-corrected chi connectivity index (χ4v) is 1.36. The molecule has 17 heavy (non-hydrogen) atoms. The van der Waals surface area contributed by atoms with Gasteiger partial charge in [0.15, 0.2) is 0 Å². The van der Waals surface area contributed by atoms with Crippen LogP contribution in [0.3, 0.4) is 0 Å². The van der Waals surface area contributed by atoms with Gasteiger partial charge < -0.3 is 10.5 Å². The summed E-state index contributed by atoms with van der Waals surface area (Å²) < 4.78 is 4.77. The van der Waals surface area contributed by atoms with E-state index >= 15 is 0 Å². The first-order valence-corrected chi connectivity index (χ1v) is 5.20. The van der Waals surface area contributed by atoms with Crippen molar-refractivity contribution in [2.45, 2.75) is 19.4 Å². The summed E-state index contributed by atoms with van der Waals surface area (Å²) in [4.78, 5) is 21.2. The van der Waals surface area contributed by atoms with Crippen molar-refractivity contribution in [3.8, 4) is 0 Å². The van der Waals surface area contributed by atoms with Gasteiger partial charge >= 0.3 is 5.97 Å². The van der Waals surface area contributed by atoms with Gasteiger partial charge in [-0.3, -0.25) is 14.9 Å². The van der Waals surface area contributed by atoms with Crippen LogP contribution in [0.15, 0.2) is 24.3 Å². The average Bonchev–Trinajstić information content (AvgIpc) is 2.29. The molecule has 6 heteroatoms. The molecule has 1 aromatic carbocycles. The summed E-state index contributed by atoms with van der Waals surface area (Å²) in [5.41, 5.74) is 6.45. The molecule has 0 fully saturated rings. The number of nitro benzene ring substituents is 1. The molecule has 0 aromatic heterocycles. The summed E-state index contributed by atoms with van der Waals surface area (Å²) in [6.45, 7) is 2.03. The SMILES string of the molecule is CCOC(=O)CC(N)c1ccc([N+](=O)[O-])cc1. The smallest absolute Gasteiger partial charge is 0.307 e. The molecule has 0 amide bonds. The molecule has 0 heterocycles. The summed E-state index contributed by atoms with van der Waals surface area (Å²) in [6, 6.07) is 5.31. The minimum Gasteiger partial charge on any atom is -0.466 e. The van der Waals surface area contributed by atoms with Crippen LogP contribution in [0.25, 0.3) is 0 Å². The van der Waals surface area contributed by atoms with Gasteiger partial charge in [-0.05, 0) is 12.5 Å². The third kappa shape index (κ3) is 3.84. The van der Waals surface area contributed by atoms with Crippen LogP contribution in [0.4, 0.5) is 5.69 Å². The van der Waals surface area contributed by atoms with E-state index in [9.17, 15) is 14.9 Å². The van der Waals surface area contributed by atoms with Crippen LogP contribution in [0.2, 0.25) is 0 Å². The fourth-order valence-electron chi connectivity index (χ4n) is 1.36. The fraction of sp³-hybridized carbons (Fsp3) is 0.364. The number of benzene rings is 1. The number of carbonyl (C=O) groups is 1. The maximum Gasteiger partial charge on any atom is 0.307 e. The summed E-state index contributed by atoms with van der Waals surface area (Å²) in [5, 5.41) is 10.4. The molecule has 0 aliphatic heterocycles. The van der Waals surface area contributed by atoms with Crippen molar-refractivity contribution in [3.63, 3.8) is 0 Å². The highest BCUT2D eigenvalue weighted by molar-refractivity contribution is 5.70. The highest BCUT2D eigenvalue weighted by Crippen LogP contribution is 2.18. The number of nitro groups is 1. The van der Waals surface area contributed by atoms with E-state index in [4.69, 9.17) is 10.5 Å². The molecular formula is C11H14N2O4. The van der Waals surface area contributed by atoms with Crippen molar-refractivity contribution < 1.29 is 14.5 Å². The molecule has 6 nitrogen and oxygen atoms in total. The standard InChI is InChI=1S/C11H14N2O4/c1-2-17-11(14)7-10(12)8-3-5-9(6-4-8)13(15)16/h3-6,10H,2,7,12H2,1H3. The van der Waals surface area contributed by atoms with Crippen molar-refractivity contribution >= 4 is 11.7 Å². The quantitative estimate of drug-likeness (QED) is 0.477. The minimum atomic E-state index is -0.505. The number of hydrogen-bond acceptors (Lipinski definition) is 5. The summed E-state index contributed by atoms with van der Waals surface area (Å²) in [5.74, 6) is -0.377. The largest absolute Gasteiger partial charge is 0.466 e. The molecular weight excluding hydrogens is 224 g/mol. The van der Waals surface area contributed by atoms with Crippen LogP contribution in [0, 0.1) is 10.1 Å². The van der Waals surface area contributed by atoms with Gasteiger partial charge in [-0.25, -0.2) is 0 Å². The molecule has 0 spiro atoms. The lowest BCUT2D eigenvalue weighted by atomic mass is 10.0. The van der Waals surface area contributed by atoms with Gasteiger partial charge in [0.05, 0.1) is 18.0 Å². The van der Waals surface area contributed by atoms with Crippen molar-refractivity contribution in [3.05, 3.63) is 39.9 Å². The van der Waals surface area contributed by atoms with E-state index in [1.165, 1.54) is 12.1 Å². The Hall–Kier alpha value is -1.95. The second-order valence-corrected chi connectivity index (χ2v) is 3.46. The Kier molecular flexibility index (Phi) is 4.59. The lowest BCUT2D eigenvalue weighted by Crippen LogP contribution is -2.17. The van der Waals surface area contributed by atoms with Crippen molar-refractivity contribution in [1.29, 1.82) is 0 Å². The number of esters is 1. The van der Waals surface area contributed by atoms with E-state index < -0.39 is 11.0 Å². The highest BCUT2D eigenvalue weighted by atomic mass is 16.6. The predicted molar refractivity (Wildman–Crippen MR) is 61.3 cm³/mol. The van der Waals surface area contributed by atoms with Crippen molar-refractivity contribution in [2.24, 2.45) is 5.73 Å². The van der Waals surface area contributed by atoms with E-state index in [0.717, 1.165) is 0 Å². The monoisotopic (exact) mass is 238 g/mol. The Morgan fingerprint density at radius 3 is 2.53 bits per heavy atom. The molecule has 1 unspecified atom stereocenters. The number of nitrogens with zero attached hydrogens (tertiary/aromatic N) is 1. The van der Waals surface area contributed by atoms with E-state index in [1.807, 2.05) is 0 Å². The van der Waals surface area contributed by atoms with Gasteiger partial charge in [0.2, 0.25) is 0 Å². The number of rotatable bonds is 5. The predicted octanol–water partition coefficient (Wildman–Crippen LogP) is 1.55. The van der Waals surface area contributed by atoms with Gasteiger partial charge in [0.25, 0.3) is 5.69 Å². The highest BCUT2D eigenvalue weighted by Gasteiger charge is 2.13. The first kappa shape index (κ1) is 13.1. The van der Waals surface area contributed by atoms with Crippen molar-refractivity contribution in [2.75, 3.05) is 6.61 Å². The molecule has 0 aliphatic rings. The number of carbonyl (C=O) groups excluding carboxylic acids is 1. The van der Waals surface area contributed by atoms with Gasteiger partial charge in [-0.2, -0.15) is 0 Å². The molecule has 0 aliphatic carbocycles. The molecule has 0 saturated heterocycles. The zero-order valence-electron chi connectivity index (χ0n) is 9.46. The summed E-state index contributed by atoms with van der Waals surface area (Å²) >= 11 is 0. The van der Waals surface area contributed by atoms with Crippen LogP contribution in [-0.2, 0) is 9.53 Å². The van der Waals surface area contributed by atoms with Crippen molar-refractivity contribution in [1.82, 2.24) is 0 Å². The molecule has 92 valence electrons. The van der Waals surface area contributed by atoms with E-state index in [-0.39, 0.29) is 18.1 Å². The second-order valence-electron chi connectivity index (χ2n) is 3.46. The lowest BCUT2D eigenvalue weighted by molar-refractivity contribution is -0.384. The molecule has 1 atom stereocenters. The maximum absolute atomic E-state index is 11.2. The van der Waals surface area contributed by atoms with Crippen LogP contribution >= 0.6 is 0 Å². The van der Waals surface area contributed by atoms with Gasteiger partial charge in [-0.15, -0.1) is 0 Å². The summed E-state index contributed by atoms with van der Waals surface area (Å²) in [7, 11) is 0. The molecule has 0 radical (unpaired) electrons. The Morgan fingerprint density at radius 2 is 2.06 bits per heavy atom. The zero-order valence-corrected chi connectivity index (χ0v) is 9.46. The third-order valence-corrected chi connectivity index (χ3v) is 2.22. The van der Waals surface area contributed by atoms with Crippen LogP contribution < -0.4 is 5.73 Å². The number of nitrogens with two attached hydrogens (primary N) is 1. The Labute approximate surface area is 98.5 Å². The van der Waals surface area contributed by atoms with E-state index in [2.05, 4.69) is 0 Å². The first-order valence-electron chi connectivity index (χ1n) is 5.20. The Bertz CT molecular complexity index is 402. The molecule has 0 saturated carbocycles. The number of non-ortho nitro benzene ring substituents is 1. The van der Waals surface area contributed by atoms with E-state index in [1.54, 1.807) is 19.1 Å². The Balaban J connectivity index is 2.66.